The molecule has 1 aromatic rings. The van der Waals surface area contributed by atoms with Gasteiger partial charge in [-0.15, -0.1) is 0 Å². The summed E-state index contributed by atoms with van der Waals surface area (Å²) in [5.41, 5.74) is 1.99. The number of alkyl halides is 4. The molecule has 0 N–H and O–H groups in total. The molecule has 1 aliphatic heterocycles. The predicted molar refractivity (Wildman–Crippen MR) is 62.8 cm³/mol. The predicted octanol–water partition coefficient (Wildman–Crippen LogP) is 3.17. The second kappa shape index (κ2) is 4.83. The van der Waals surface area contributed by atoms with Crippen molar-refractivity contribution in [2.75, 3.05) is 11.4 Å². The summed E-state index contributed by atoms with van der Waals surface area (Å²) >= 11 is 0. The first-order chi connectivity index (χ1) is 8.84. The molecule has 19 heavy (non-hydrogen) atoms. The largest absolute Gasteiger partial charge is 0.384 e. The van der Waals surface area contributed by atoms with Crippen LogP contribution < -0.4 is 4.90 Å². The third-order valence-electron chi connectivity index (χ3n) is 3.16. The molecule has 0 aromatic heterocycles. The number of halogens is 4. The molecule has 0 aliphatic carbocycles. The highest BCUT2D eigenvalue weighted by molar-refractivity contribution is 5.99. The molecule has 0 unspecified atom stereocenters. The number of carbonyl (C=O) groups is 1. The molecular formula is C13H13F4NO. The molecule has 1 amide bonds. The summed E-state index contributed by atoms with van der Waals surface area (Å²) in [6.45, 7) is 1.88. The van der Waals surface area contributed by atoms with Gasteiger partial charge in [-0.25, -0.2) is 8.78 Å². The maximum atomic E-state index is 13.2. The van der Waals surface area contributed by atoms with Gasteiger partial charge in [0, 0.05) is 12.2 Å². The monoisotopic (exact) mass is 275 g/mol. The van der Waals surface area contributed by atoms with E-state index in [-0.39, 0.29) is 6.54 Å². The Kier molecular flexibility index (Phi) is 3.52. The van der Waals surface area contributed by atoms with E-state index in [9.17, 15) is 22.4 Å². The summed E-state index contributed by atoms with van der Waals surface area (Å²) in [5, 5.41) is 0. The SMILES string of the molecule is Cc1ccc2c(c1)CCCN2C(=O)C(F)(F)C(F)F. The fourth-order valence-electron chi connectivity index (χ4n) is 2.21. The number of fused-ring (bicyclic) bond motifs is 1. The van der Waals surface area contributed by atoms with Gasteiger partial charge in [-0.2, -0.15) is 8.78 Å². The average molecular weight is 275 g/mol. The third kappa shape index (κ3) is 2.43. The highest BCUT2D eigenvalue weighted by Gasteiger charge is 2.51. The average Bonchev–Trinajstić information content (AvgIpc) is 2.36. The Morgan fingerprint density at radius 3 is 2.68 bits per heavy atom. The molecule has 1 aliphatic rings. The maximum Gasteiger partial charge on any atom is 0.384 e. The van der Waals surface area contributed by atoms with Crippen molar-refractivity contribution in [2.24, 2.45) is 0 Å². The normalized spacial score (nSPS) is 15.6. The molecule has 0 saturated carbocycles. The Bertz CT molecular complexity index is 501. The number of hydrogen-bond acceptors (Lipinski definition) is 1. The van der Waals surface area contributed by atoms with Gasteiger partial charge in [0.05, 0.1) is 0 Å². The molecule has 2 nitrogen and oxygen atoms in total. The van der Waals surface area contributed by atoms with Gasteiger partial charge in [-0.05, 0) is 31.4 Å². The van der Waals surface area contributed by atoms with E-state index < -0.39 is 18.3 Å². The van der Waals surface area contributed by atoms with Gasteiger partial charge in [0.1, 0.15) is 0 Å². The molecule has 0 bridgehead atoms. The van der Waals surface area contributed by atoms with Crippen LogP contribution in [0.25, 0.3) is 0 Å². The molecule has 1 aromatic carbocycles. The third-order valence-corrected chi connectivity index (χ3v) is 3.16. The van der Waals surface area contributed by atoms with E-state index in [1.807, 2.05) is 6.92 Å². The summed E-state index contributed by atoms with van der Waals surface area (Å²) in [6, 6.07) is 4.99. The molecule has 0 fully saturated rings. The maximum absolute atomic E-state index is 13.2. The quantitative estimate of drug-likeness (QED) is 0.759. The van der Waals surface area contributed by atoms with Gasteiger partial charge in [0.2, 0.25) is 0 Å². The number of anilines is 1. The van der Waals surface area contributed by atoms with Crippen LogP contribution in [0.3, 0.4) is 0 Å². The fraction of sp³-hybridized carbons (Fsp3) is 0.462. The lowest BCUT2D eigenvalue weighted by Crippen LogP contribution is -2.49. The van der Waals surface area contributed by atoms with Gasteiger partial charge >= 0.3 is 18.3 Å². The molecule has 104 valence electrons. The number of benzene rings is 1. The van der Waals surface area contributed by atoms with E-state index >= 15 is 0 Å². The standard InChI is InChI=1S/C13H13F4NO/c1-8-4-5-10-9(7-8)3-2-6-18(10)12(19)13(16,17)11(14)15/h4-5,7,11H,2-3,6H2,1H3. The molecule has 0 atom stereocenters. The summed E-state index contributed by atoms with van der Waals surface area (Å²) in [5.74, 6) is -6.47. The zero-order chi connectivity index (χ0) is 14.2. The minimum Gasteiger partial charge on any atom is -0.307 e. The molecule has 0 spiro atoms. The Morgan fingerprint density at radius 1 is 1.37 bits per heavy atom. The number of carbonyl (C=O) groups excluding carboxylic acids is 1. The van der Waals surface area contributed by atoms with Crippen LogP contribution in [0.5, 0.6) is 0 Å². The Labute approximate surface area is 108 Å². The summed E-state index contributed by atoms with van der Waals surface area (Å²) in [6.07, 6.45) is -2.85. The smallest absolute Gasteiger partial charge is 0.307 e. The Hall–Kier alpha value is -1.59. The van der Waals surface area contributed by atoms with Crippen molar-refractivity contribution in [2.45, 2.75) is 32.1 Å². The first-order valence-corrected chi connectivity index (χ1v) is 5.91. The van der Waals surface area contributed by atoms with E-state index in [1.165, 1.54) is 6.07 Å². The van der Waals surface area contributed by atoms with Crippen LogP contribution >= 0.6 is 0 Å². The van der Waals surface area contributed by atoms with E-state index in [2.05, 4.69) is 0 Å². The van der Waals surface area contributed by atoms with Crippen LogP contribution in [-0.4, -0.2) is 24.8 Å². The lowest BCUT2D eigenvalue weighted by Gasteiger charge is -2.32. The van der Waals surface area contributed by atoms with Gasteiger partial charge in [-0.1, -0.05) is 17.7 Å². The van der Waals surface area contributed by atoms with Gasteiger partial charge in [-0.3, -0.25) is 4.79 Å². The van der Waals surface area contributed by atoms with Crippen molar-refractivity contribution >= 4 is 11.6 Å². The summed E-state index contributed by atoms with van der Waals surface area (Å²) < 4.78 is 50.8. The molecule has 0 radical (unpaired) electrons. The topological polar surface area (TPSA) is 20.3 Å². The van der Waals surface area contributed by atoms with Crippen LogP contribution in [0.4, 0.5) is 23.2 Å². The van der Waals surface area contributed by atoms with Crippen molar-refractivity contribution in [3.05, 3.63) is 29.3 Å². The number of aryl methyl sites for hydroxylation is 2. The van der Waals surface area contributed by atoms with Crippen molar-refractivity contribution in [1.29, 1.82) is 0 Å². The van der Waals surface area contributed by atoms with Crippen LogP contribution in [-0.2, 0) is 11.2 Å². The molecule has 0 saturated heterocycles. The Balaban J connectivity index is 2.37. The number of hydrogen-bond donors (Lipinski definition) is 0. The van der Waals surface area contributed by atoms with Crippen molar-refractivity contribution in [1.82, 2.24) is 0 Å². The van der Waals surface area contributed by atoms with Crippen LogP contribution in [0, 0.1) is 6.92 Å². The van der Waals surface area contributed by atoms with E-state index in [0.717, 1.165) is 16.0 Å². The van der Waals surface area contributed by atoms with E-state index in [1.54, 1.807) is 12.1 Å². The highest BCUT2D eigenvalue weighted by Crippen LogP contribution is 2.33. The fourth-order valence-corrected chi connectivity index (χ4v) is 2.21. The zero-order valence-corrected chi connectivity index (χ0v) is 10.3. The van der Waals surface area contributed by atoms with Gasteiger partial charge < -0.3 is 4.90 Å². The number of nitrogens with zero attached hydrogens (tertiary/aromatic N) is 1. The lowest BCUT2D eigenvalue weighted by molar-refractivity contribution is -0.166. The molecular weight excluding hydrogens is 262 g/mol. The minimum atomic E-state index is -4.64. The Morgan fingerprint density at radius 2 is 2.05 bits per heavy atom. The summed E-state index contributed by atoms with van der Waals surface area (Å²) in [4.78, 5) is 12.4. The van der Waals surface area contributed by atoms with Crippen LogP contribution in [0.2, 0.25) is 0 Å². The minimum absolute atomic E-state index is 0.0389. The van der Waals surface area contributed by atoms with Gasteiger partial charge in [0.25, 0.3) is 0 Å². The van der Waals surface area contributed by atoms with Gasteiger partial charge in [0.15, 0.2) is 0 Å². The number of rotatable bonds is 2. The van der Waals surface area contributed by atoms with Crippen LogP contribution in [0.15, 0.2) is 18.2 Å². The molecule has 2 rings (SSSR count). The second-order valence-corrected chi connectivity index (χ2v) is 4.62. The van der Waals surface area contributed by atoms with Crippen molar-refractivity contribution < 1.29 is 22.4 Å². The van der Waals surface area contributed by atoms with Crippen LogP contribution in [0.1, 0.15) is 17.5 Å². The molecule has 1 heterocycles. The van der Waals surface area contributed by atoms with Crippen molar-refractivity contribution in [3.63, 3.8) is 0 Å². The number of amides is 1. The lowest BCUT2D eigenvalue weighted by atomic mass is 9.99. The molecule has 6 heteroatoms. The van der Waals surface area contributed by atoms with Crippen molar-refractivity contribution in [3.8, 4) is 0 Å². The van der Waals surface area contributed by atoms with E-state index in [0.29, 0.717) is 18.5 Å². The highest BCUT2D eigenvalue weighted by atomic mass is 19.3. The zero-order valence-electron chi connectivity index (χ0n) is 10.3. The summed E-state index contributed by atoms with van der Waals surface area (Å²) in [7, 11) is 0. The first kappa shape index (κ1) is 13.8. The second-order valence-electron chi connectivity index (χ2n) is 4.62. The van der Waals surface area contributed by atoms with E-state index in [4.69, 9.17) is 0 Å². The first-order valence-electron chi connectivity index (χ1n) is 5.91.